The fraction of sp³-hybridized carbons (Fsp3) is 0.250. The van der Waals surface area contributed by atoms with Crippen molar-refractivity contribution < 1.29 is 22.7 Å². The molecule has 0 bridgehead atoms. The van der Waals surface area contributed by atoms with E-state index < -0.39 is 22.0 Å². The van der Waals surface area contributed by atoms with Gasteiger partial charge in [0.2, 0.25) is 10.9 Å². The molecule has 1 unspecified atom stereocenters. The molecule has 0 amide bonds. The zero-order chi connectivity index (χ0) is 17.6. The van der Waals surface area contributed by atoms with E-state index in [0.717, 1.165) is 5.56 Å². The first-order chi connectivity index (χ1) is 11.4. The maximum Gasteiger partial charge on any atom is 0.303 e. The summed E-state index contributed by atoms with van der Waals surface area (Å²) in [6, 6.07) is 12.7. The van der Waals surface area contributed by atoms with Crippen molar-refractivity contribution >= 4 is 16.0 Å². The van der Waals surface area contributed by atoms with Crippen LogP contribution in [0.15, 0.2) is 52.0 Å². The Morgan fingerprint density at radius 1 is 1.25 bits per heavy atom. The van der Waals surface area contributed by atoms with Crippen molar-refractivity contribution in [3.8, 4) is 6.07 Å². The molecule has 0 spiro atoms. The summed E-state index contributed by atoms with van der Waals surface area (Å²) < 4.78 is 32.1. The molecule has 0 saturated carbocycles. The van der Waals surface area contributed by atoms with E-state index in [1.54, 1.807) is 6.07 Å². The molecular formula is C16H16N2O5S. The minimum absolute atomic E-state index is 0.111. The summed E-state index contributed by atoms with van der Waals surface area (Å²) in [5, 5.41) is 17.2. The molecule has 2 rings (SSSR count). The van der Waals surface area contributed by atoms with Crippen LogP contribution in [0.3, 0.4) is 0 Å². The molecule has 2 N–H and O–H groups in total. The van der Waals surface area contributed by atoms with Gasteiger partial charge in [0.05, 0.1) is 0 Å². The standard InChI is InChI=1S/C16H16N2O5S/c17-11-14-7-9-16(23-14)24(21,22)18-13(6-8-15(19)20)10-12-4-2-1-3-5-12/h1-5,7,9,13,18H,6,8,10H2,(H,19,20). The van der Waals surface area contributed by atoms with Crippen molar-refractivity contribution in [1.82, 2.24) is 4.72 Å². The number of carboxylic acids is 1. The smallest absolute Gasteiger partial charge is 0.303 e. The minimum atomic E-state index is -3.98. The summed E-state index contributed by atoms with van der Waals surface area (Å²) in [6.45, 7) is 0. The number of hydrogen-bond acceptors (Lipinski definition) is 5. The molecular weight excluding hydrogens is 332 g/mol. The average Bonchev–Trinajstić information content (AvgIpc) is 3.03. The second-order valence-electron chi connectivity index (χ2n) is 5.17. The molecule has 1 heterocycles. The molecule has 0 saturated heterocycles. The van der Waals surface area contributed by atoms with E-state index in [1.807, 2.05) is 30.3 Å². The molecule has 1 aromatic heterocycles. The van der Waals surface area contributed by atoms with E-state index in [9.17, 15) is 13.2 Å². The Bertz CT molecular complexity index is 837. The van der Waals surface area contributed by atoms with Crippen LogP contribution < -0.4 is 4.72 Å². The van der Waals surface area contributed by atoms with Gasteiger partial charge in [-0.05, 0) is 30.5 Å². The highest BCUT2D eigenvalue weighted by Gasteiger charge is 2.24. The van der Waals surface area contributed by atoms with Crippen LogP contribution in [0.4, 0.5) is 0 Å². The van der Waals surface area contributed by atoms with Gasteiger partial charge in [-0.1, -0.05) is 30.3 Å². The molecule has 0 fully saturated rings. The van der Waals surface area contributed by atoms with Gasteiger partial charge in [-0.2, -0.15) is 5.26 Å². The van der Waals surface area contributed by atoms with Gasteiger partial charge in [-0.3, -0.25) is 4.79 Å². The van der Waals surface area contributed by atoms with Crippen molar-refractivity contribution in [2.45, 2.75) is 30.4 Å². The number of benzene rings is 1. The monoisotopic (exact) mass is 348 g/mol. The fourth-order valence-electron chi connectivity index (χ4n) is 2.20. The van der Waals surface area contributed by atoms with Gasteiger partial charge in [0.1, 0.15) is 6.07 Å². The van der Waals surface area contributed by atoms with Crippen molar-refractivity contribution in [2.24, 2.45) is 0 Å². The van der Waals surface area contributed by atoms with Gasteiger partial charge in [0.25, 0.3) is 10.0 Å². The Morgan fingerprint density at radius 2 is 1.96 bits per heavy atom. The SMILES string of the molecule is N#Cc1ccc(S(=O)(=O)NC(CCC(=O)O)Cc2ccccc2)o1. The van der Waals surface area contributed by atoms with E-state index in [0.29, 0.717) is 6.42 Å². The summed E-state index contributed by atoms with van der Waals surface area (Å²) in [7, 11) is -3.98. The van der Waals surface area contributed by atoms with Crippen LogP contribution in [0, 0.1) is 11.3 Å². The second kappa shape index (κ2) is 7.77. The number of carbonyl (C=O) groups is 1. The number of furan rings is 1. The largest absolute Gasteiger partial charge is 0.481 e. The summed E-state index contributed by atoms with van der Waals surface area (Å²) in [5.41, 5.74) is 0.882. The highest BCUT2D eigenvalue weighted by molar-refractivity contribution is 7.89. The van der Waals surface area contributed by atoms with Crippen molar-refractivity contribution in [3.05, 3.63) is 53.8 Å². The van der Waals surface area contributed by atoms with E-state index in [-0.39, 0.29) is 23.7 Å². The van der Waals surface area contributed by atoms with Gasteiger partial charge in [-0.15, -0.1) is 0 Å². The van der Waals surface area contributed by atoms with Crippen LogP contribution in [-0.4, -0.2) is 25.5 Å². The maximum atomic E-state index is 12.3. The van der Waals surface area contributed by atoms with Crippen LogP contribution in [-0.2, 0) is 21.2 Å². The molecule has 1 atom stereocenters. The van der Waals surface area contributed by atoms with Gasteiger partial charge in [-0.25, -0.2) is 13.1 Å². The highest BCUT2D eigenvalue weighted by atomic mass is 32.2. The third-order valence-electron chi connectivity index (χ3n) is 3.31. The van der Waals surface area contributed by atoms with Crippen LogP contribution in [0.2, 0.25) is 0 Å². The lowest BCUT2D eigenvalue weighted by Crippen LogP contribution is -2.36. The van der Waals surface area contributed by atoms with Gasteiger partial charge in [0.15, 0.2) is 0 Å². The Kier molecular flexibility index (Phi) is 5.73. The van der Waals surface area contributed by atoms with E-state index in [4.69, 9.17) is 14.8 Å². The van der Waals surface area contributed by atoms with E-state index in [1.165, 1.54) is 12.1 Å². The summed E-state index contributed by atoms with van der Waals surface area (Å²) in [6.07, 6.45) is 0.316. The van der Waals surface area contributed by atoms with Crippen LogP contribution in [0.5, 0.6) is 0 Å². The average molecular weight is 348 g/mol. The number of aliphatic carboxylic acids is 1. The van der Waals surface area contributed by atoms with Crippen LogP contribution >= 0.6 is 0 Å². The normalized spacial score (nSPS) is 12.5. The first-order valence-corrected chi connectivity index (χ1v) is 8.67. The Labute approximate surface area is 139 Å². The van der Waals surface area contributed by atoms with Gasteiger partial charge in [0, 0.05) is 12.5 Å². The highest BCUT2D eigenvalue weighted by Crippen LogP contribution is 2.16. The molecule has 24 heavy (non-hydrogen) atoms. The lowest BCUT2D eigenvalue weighted by atomic mass is 10.0. The zero-order valence-electron chi connectivity index (χ0n) is 12.7. The van der Waals surface area contributed by atoms with Crippen LogP contribution in [0.25, 0.3) is 0 Å². The first-order valence-electron chi connectivity index (χ1n) is 7.18. The lowest BCUT2D eigenvalue weighted by Gasteiger charge is -2.17. The fourth-order valence-corrected chi connectivity index (χ4v) is 3.40. The Balaban J connectivity index is 2.16. The molecule has 126 valence electrons. The van der Waals surface area contributed by atoms with Crippen LogP contribution in [0.1, 0.15) is 24.2 Å². The number of hydrogen-bond donors (Lipinski definition) is 2. The number of rotatable bonds is 8. The summed E-state index contributed by atoms with van der Waals surface area (Å²) in [5.74, 6) is -1.11. The lowest BCUT2D eigenvalue weighted by molar-refractivity contribution is -0.137. The second-order valence-corrected chi connectivity index (χ2v) is 6.82. The van der Waals surface area contributed by atoms with Crippen molar-refractivity contribution in [1.29, 1.82) is 5.26 Å². The number of sulfonamides is 1. The molecule has 0 aliphatic rings. The first kappa shape index (κ1) is 17.7. The number of nitrogens with one attached hydrogen (secondary N) is 1. The number of carboxylic acid groups (broad SMARTS) is 1. The topological polar surface area (TPSA) is 120 Å². The third kappa shape index (κ3) is 4.94. The number of nitriles is 1. The van der Waals surface area contributed by atoms with E-state index >= 15 is 0 Å². The summed E-state index contributed by atoms with van der Waals surface area (Å²) in [4.78, 5) is 10.8. The van der Waals surface area contributed by atoms with E-state index in [2.05, 4.69) is 4.72 Å². The van der Waals surface area contributed by atoms with Crippen molar-refractivity contribution in [2.75, 3.05) is 0 Å². The molecule has 0 aliphatic heterocycles. The maximum absolute atomic E-state index is 12.3. The number of nitrogens with zero attached hydrogens (tertiary/aromatic N) is 1. The zero-order valence-corrected chi connectivity index (χ0v) is 13.5. The molecule has 1 aromatic carbocycles. The predicted molar refractivity (Wildman–Crippen MR) is 84.5 cm³/mol. The molecule has 8 heteroatoms. The molecule has 0 aliphatic carbocycles. The third-order valence-corrected chi connectivity index (χ3v) is 4.70. The predicted octanol–water partition coefficient (Wildman–Crippen LogP) is 1.91. The van der Waals surface area contributed by atoms with Crippen molar-refractivity contribution in [3.63, 3.8) is 0 Å². The van der Waals surface area contributed by atoms with Gasteiger partial charge >= 0.3 is 5.97 Å². The quantitative estimate of drug-likeness (QED) is 0.752. The Hall–Kier alpha value is -2.63. The Morgan fingerprint density at radius 3 is 2.54 bits per heavy atom. The minimum Gasteiger partial charge on any atom is -0.481 e. The molecule has 0 radical (unpaired) electrons. The summed E-state index contributed by atoms with van der Waals surface area (Å²) >= 11 is 0. The molecule has 7 nitrogen and oxygen atoms in total. The molecule has 2 aromatic rings. The van der Waals surface area contributed by atoms with Gasteiger partial charge < -0.3 is 9.52 Å².